The largest absolute Gasteiger partial charge is 0.242 e. The molecule has 0 radical (unpaired) electrons. The van der Waals surface area contributed by atoms with E-state index in [1.807, 2.05) is 0 Å². The first kappa shape index (κ1) is 9.85. The maximum atomic E-state index is 5.74. The van der Waals surface area contributed by atoms with E-state index in [-0.39, 0.29) is 0 Å². The minimum absolute atomic E-state index is 0.294. The summed E-state index contributed by atoms with van der Waals surface area (Å²) in [6.45, 7) is 3.74. The Hall–Kier alpha value is -0.240. The molecule has 0 saturated heterocycles. The molecule has 0 aliphatic rings. The Labute approximate surface area is 86.0 Å². The number of allylic oxidation sites excluding steroid dienone is 1. The van der Waals surface area contributed by atoms with Gasteiger partial charge >= 0.3 is 0 Å². The summed E-state index contributed by atoms with van der Waals surface area (Å²) in [5.74, 6) is 0.361. The highest BCUT2D eigenvalue weighted by molar-refractivity contribution is 6.41. The van der Waals surface area contributed by atoms with E-state index in [4.69, 9.17) is 34.8 Å². The van der Waals surface area contributed by atoms with Crippen LogP contribution in [0.1, 0.15) is 5.56 Å². The van der Waals surface area contributed by atoms with Crippen LogP contribution < -0.4 is 0 Å². The van der Waals surface area contributed by atoms with Crippen LogP contribution in [0.25, 0.3) is 5.57 Å². The molecule has 0 amide bonds. The zero-order valence-electron chi connectivity index (χ0n) is 6.15. The van der Waals surface area contributed by atoms with Crippen molar-refractivity contribution < 1.29 is 0 Å². The molecule has 0 unspecified atom stereocenters. The molecular weight excluding hydrogens is 216 g/mol. The van der Waals surface area contributed by atoms with Crippen molar-refractivity contribution in [2.24, 2.45) is 0 Å². The van der Waals surface area contributed by atoms with Crippen molar-refractivity contribution in [1.82, 2.24) is 4.98 Å². The normalized spacial score (nSPS) is 9.92. The van der Waals surface area contributed by atoms with Gasteiger partial charge in [-0.1, -0.05) is 29.8 Å². The molecule has 0 spiro atoms. The summed E-state index contributed by atoms with van der Waals surface area (Å²) in [7, 11) is 0. The van der Waals surface area contributed by atoms with Crippen LogP contribution in [-0.4, -0.2) is 10.9 Å². The summed E-state index contributed by atoms with van der Waals surface area (Å²) in [6, 6.07) is 1.70. The standard InChI is InChI=1S/C8H6Cl3N/c1-5(3-9)6-2-7(10)8(11)12-4-6/h2,4H,1,3H2. The molecule has 4 heteroatoms. The van der Waals surface area contributed by atoms with Gasteiger partial charge in [-0.05, 0) is 17.2 Å². The topological polar surface area (TPSA) is 12.9 Å². The van der Waals surface area contributed by atoms with Crippen LogP contribution in [0.2, 0.25) is 10.2 Å². The van der Waals surface area contributed by atoms with Crippen molar-refractivity contribution in [3.8, 4) is 0 Å². The average Bonchev–Trinajstić information content (AvgIpc) is 2.08. The molecule has 1 heterocycles. The van der Waals surface area contributed by atoms with E-state index in [9.17, 15) is 0 Å². The van der Waals surface area contributed by atoms with E-state index in [0.717, 1.165) is 11.1 Å². The molecule has 0 bridgehead atoms. The van der Waals surface area contributed by atoms with Crippen LogP contribution in [-0.2, 0) is 0 Å². The molecule has 0 aliphatic carbocycles. The highest BCUT2D eigenvalue weighted by atomic mass is 35.5. The monoisotopic (exact) mass is 221 g/mol. The lowest BCUT2D eigenvalue weighted by molar-refractivity contribution is 1.31. The Balaban J connectivity index is 3.05. The zero-order chi connectivity index (χ0) is 9.14. The first-order valence-electron chi connectivity index (χ1n) is 3.20. The number of aromatic nitrogens is 1. The van der Waals surface area contributed by atoms with E-state index < -0.39 is 0 Å². The lowest BCUT2D eigenvalue weighted by Gasteiger charge is -2.01. The Morgan fingerprint density at radius 2 is 2.17 bits per heavy atom. The van der Waals surface area contributed by atoms with E-state index in [2.05, 4.69) is 11.6 Å². The molecule has 0 aliphatic heterocycles. The third-order valence-electron chi connectivity index (χ3n) is 1.37. The molecular formula is C8H6Cl3N. The van der Waals surface area contributed by atoms with E-state index in [1.54, 1.807) is 12.3 Å². The molecule has 12 heavy (non-hydrogen) atoms. The number of rotatable bonds is 2. The second-order valence-corrected chi connectivity index (χ2v) is 3.27. The molecule has 0 N–H and O–H groups in total. The third kappa shape index (κ3) is 2.13. The Morgan fingerprint density at radius 3 is 2.67 bits per heavy atom. The van der Waals surface area contributed by atoms with Gasteiger partial charge in [0, 0.05) is 12.1 Å². The van der Waals surface area contributed by atoms with Crippen molar-refractivity contribution in [2.75, 3.05) is 5.88 Å². The fourth-order valence-corrected chi connectivity index (χ4v) is 1.12. The maximum Gasteiger partial charge on any atom is 0.147 e. The first-order valence-corrected chi connectivity index (χ1v) is 4.49. The first-order chi connectivity index (χ1) is 5.65. The van der Waals surface area contributed by atoms with Gasteiger partial charge < -0.3 is 0 Å². The van der Waals surface area contributed by atoms with Crippen LogP contribution >= 0.6 is 34.8 Å². The number of nitrogens with zero attached hydrogens (tertiary/aromatic N) is 1. The SMILES string of the molecule is C=C(CCl)c1cnc(Cl)c(Cl)c1. The van der Waals surface area contributed by atoms with Gasteiger partial charge in [0.15, 0.2) is 0 Å². The van der Waals surface area contributed by atoms with Crippen molar-refractivity contribution >= 4 is 40.4 Å². The Kier molecular flexibility index (Phi) is 3.39. The number of alkyl halides is 1. The summed E-state index contributed by atoms with van der Waals surface area (Å²) in [5, 5.41) is 0.711. The van der Waals surface area contributed by atoms with Crippen LogP contribution in [0.15, 0.2) is 18.8 Å². The molecule has 0 fully saturated rings. The minimum atomic E-state index is 0.294. The highest BCUT2D eigenvalue weighted by Crippen LogP contribution is 2.23. The van der Waals surface area contributed by atoms with E-state index >= 15 is 0 Å². The highest BCUT2D eigenvalue weighted by Gasteiger charge is 2.02. The Bertz CT molecular complexity index is 309. The van der Waals surface area contributed by atoms with Crippen LogP contribution in [0.4, 0.5) is 0 Å². The van der Waals surface area contributed by atoms with Crippen molar-refractivity contribution in [3.05, 3.63) is 34.6 Å². The minimum Gasteiger partial charge on any atom is -0.242 e. The zero-order valence-corrected chi connectivity index (χ0v) is 8.42. The van der Waals surface area contributed by atoms with Gasteiger partial charge in [0.2, 0.25) is 0 Å². The smallest absolute Gasteiger partial charge is 0.147 e. The quantitative estimate of drug-likeness (QED) is 0.550. The molecule has 0 aromatic carbocycles. The van der Waals surface area contributed by atoms with Gasteiger partial charge in [0.05, 0.1) is 5.02 Å². The lowest BCUT2D eigenvalue weighted by Crippen LogP contribution is -1.86. The summed E-state index contributed by atoms with van der Waals surface area (Å²) < 4.78 is 0. The summed E-state index contributed by atoms with van der Waals surface area (Å²) in [4.78, 5) is 3.86. The predicted molar refractivity (Wildman–Crippen MR) is 54.0 cm³/mol. The van der Waals surface area contributed by atoms with E-state index in [0.29, 0.717) is 16.1 Å². The molecule has 1 aromatic rings. The van der Waals surface area contributed by atoms with Crippen molar-refractivity contribution in [3.63, 3.8) is 0 Å². The molecule has 1 rings (SSSR count). The lowest BCUT2D eigenvalue weighted by atomic mass is 10.1. The molecule has 1 nitrogen and oxygen atoms in total. The molecule has 0 saturated carbocycles. The number of hydrogen-bond donors (Lipinski definition) is 0. The van der Waals surface area contributed by atoms with Crippen LogP contribution in [0.3, 0.4) is 0 Å². The maximum absolute atomic E-state index is 5.74. The molecule has 1 aromatic heterocycles. The summed E-state index contributed by atoms with van der Waals surface area (Å²) >= 11 is 16.9. The Morgan fingerprint density at radius 1 is 1.50 bits per heavy atom. The summed E-state index contributed by atoms with van der Waals surface area (Å²) in [5.41, 5.74) is 1.60. The van der Waals surface area contributed by atoms with E-state index in [1.165, 1.54) is 0 Å². The third-order valence-corrected chi connectivity index (χ3v) is 2.37. The van der Waals surface area contributed by atoms with Gasteiger partial charge in [-0.2, -0.15) is 0 Å². The average molecular weight is 223 g/mol. The number of pyridine rings is 1. The van der Waals surface area contributed by atoms with Gasteiger partial charge in [-0.15, -0.1) is 11.6 Å². The second kappa shape index (κ2) is 4.13. The van der Waals surface area contributed by atoms with Gasteiger partial charge in [-0.3, -0.25) is 0 Å². The van der Waals surface area contributed by atoms with Crippen LogP contribution in [0, 0.1) is 0 Å². The number of hydrogen-bond acceptors (Lipinski definition) is 1. The second-order valence-electron chi connectivity index (χ2n) is 2.23. The number of halogens is 3. The molecule has 0 atom stereocenters. The fourth-order valence-electron chi connectivity index (χ4n) is 0.692. The fraction of sp³-hybridized carbons (Fsp3) is 0.125. The van der Waals surface area contributed by atoms with Crippen molar-refractivity contribution in [1.29, 1.82) is 0 Å². The van der Waals surface area contributed by atoms with Gasteiger partial charge in [0.1, 0.15) is 5.15 Å². The predicted octanol–water partition coefficient (Wildman–Crippen LogP) is 3.64. The van der Waals surface area contributed by atoms with Gasteiger partial charge in [0.25, 0.3) is 0 Å². The molecule has 64 valence electrons. The summed E-state index contributed by atoms with van der Waals surface area (Å²) in [6.07, 6.45) is 1.60. The van der Waals surface area contributed by atoms with Crippen molar-refractivity contribution in [2.45, 2.75) is 0 Å². The van der Waals surface area contributed by atoms with Gasteiger partial charge in [-0.25, -0.2) is 4.98 Å². The van der Waals surface area contributed by atoms with Crippen LogP contribution in [0.5, 0.6) is 0 Å².